The summed E-state index contributed by atoms with van der Waals surface area (Å²) in [6, 6.07) is 0.899. The molecule has 4 fully saturated rings. The van der Waals surface area contributed by atoms with Crippen molar-refractivity contribution in [1.29, 1.82) is 0 Å². The van der Waals surface area contributed by atoms with Crippen molar-refractivity contribution in [2.75, 3.05) is 19.6 Å². The maximum Gasteiger partial charge on any atom is 0.410 e. The molecular weight excluding hydrogens is 392 g/mol. The van der Waals surface area contributed by atoms with Crippen LogP contribution in [0, 0.1) is 11.8 Å². The van der Waals surface area contributed by atoms with Crippen LogP contribution in [0.5, 0.6) is 0 Å². The first-order chi connectivity index (χ1) is 14.8. The van der Waals surface area contributed by atoms with E-state index in [4.69, 9.17) is 4.74 Å². The molecule has 0 spiro atoms. The van der Waals surface area contributed by atoms with Crippen LogP contribution in [0.4, 0.5) is 4.79 Å². The minimum absolute atomic E-state index is 0.0324. The second-order valence-electron chi connectivity index (χ2n) is 10.6. The zero-order chi connectivity index (χ0) is 22.1. The third-order valence-corrected chi connectivity index (χ3v) is 8.12. The number of carbonyl (C=O) groups excluding carboxylic acids is 2. The first kappa shape index (κ1) is 22.8. The van der Waals surface area contributed by atoms with Gasteiger partial charge in [-0.25, -0.2) is 9.80 Å². The van der Waals surface area contributed by atoms with Crippen LogP contribution in [0.25, 0.3) is 0 Å². The highest BCUT2D eigenvalue weighted by atomic mass is 16.6. The topological polar surface area (TPSA) is 65.1 Å². The Labute approximate surface area is 187 Å². The van der Waals surface area contributed by atoms with Crippen molar-refractivity contribution < 1.29 is 14.3 Å². The second kappa shape index (κ2) is 9.65. The van der Waals surface area contributed by atoms with Crippen LogP contribution in [0.3, 0.4) is 0 Å². The SMILES string of the molecule is CC(=O)N1C2CCC(C3CNN(C4CCCCC4)C3)CC2N(C(=O)OC(C)C)C[C@@H]1C. The minimum atomic E-state index is -0.214. The molecule has 2 saturated heterocycles. The summed E-state index contributed by atoms with van der Waals surface area (Å²) in [7, 11) is 0. The second-order valence-corrected chi connectivity index (χ2v) is 10.6. The number of nitrogens with zero attached hydrogens (tertiary/aromatic N) is 3. The molecule has 176 valence electrons. The Morgan fingerprint density at radius 2 is 1.71 bits per heavy atom. The Morgan fingerprint density at radius 3 is 2.39 bits per heavy atom. The third kappa shape index (κ3) is 4.87. The maximum absolute atomic E-state index is 13.0. The van der Waals surface area contributed by atoms with E-state index in [9.17, 15) is 9.59 Å². The smallest absolute Gasteiger partial charge is 0.410 e. The highest BCUT2D eigenvalue weighted by Gasteiger charge is 2.48. The highest BCUT2D eigenvalue weighted by molar-refractivity contribution is 5.75. The molecule has 0 aromatic heterocycles. The van der Waals surface area contributed by atoms with E-state index in [1.54, 1.807) is 6.92 Å². The predicted molar refractivity (Wildman–Crippen MR) is 120 cm³/mol. The van der Waals surface area contributed by atoms with Gasteiger partial charge in [0.2, 0.25) is 5.91 Å². The van der Waals surface area contributed by atoms with E-state index >= 15 is 0 Å². The quantitative estimate of drug-likeness (QED) is 0.738. The molecule has 4 aliphatic rings. The van der Waals surface area contributed by atoms with Gasteiger partial charge in [0.1, 0.15) is 0 Å². The summed E-state index contributed by atoms with van der Waals surface area (Å²) in [5, 5.41) is 2.52. The Bertz CT molecular complexity index is 651. The number of amides is 2. The van der Waals surface area contributed by atoms with Crippen LogP contribution in [0.1, 0.15) is 79.1 Å². The number of hydrogen-bond donors (Lipinski definition) is 1. The molecule has 4 rings (SSSR count). The summed E-state index contributed by atoms with van der Waals surface area (Å²) in [6.45, 7) is 10.3. The van der Waals surface area contributed by atoms with Crippen molar-refractivity contribution in [2.45, 2.75) is 109 Å². The van der Waals surface area contributed by atoms with Gasteiger partial charge in [0.15, 0.2) is 0 Å². The number of carbonyl (C=O) groups is 2. The van der Waals surface area contributed by atoms with Crippen molar-refractivity contribution in [3.05, 3.63) is 0 Å². The fourth-order valence-electron chi connectivity index (χ4n) is 6.71. The zero-order valence-corrected chi connectivity index (χ0v) is 19.9. The van der Waals surface area contributed by atoms with Crippen molar-refractivity contribution in [1.82, 2.24) is 20.2 Å². The third-order valence-electron chi connectivity index (χ3n) is 8.12. The maximum atomic E-state index is 13.0. The molecule has 1 N–H and O–H groups in total. The van der Waals surface area contributed by atoms with E-state index in [0.29, 0.717) is 24.4 Å². The Hall–Kier alpha value is -1.34. The van der Waals surface area contributed by atoms with Gasteiger partial charge in [-0.15, -0.1) is 0 Å². The van der Waals surface area contributed by atoms with Gasteiger partial charge in [-0.05, 0) is 64.7 Å². The molecule has 0 aromatic rings. The van der Waals surface area contributed by atoms with E-state index in [1.165, 1.54) is 32.1 Å². The van der Waals surface area contributed by atoms with Crippen LogP contribution < -0.4 is 5.43 Å². The van der Waals surface area contributed by atoms with Crippen molar-refractivity contribution in [2.24, 2.45) is 11.8 Å². The molecule has 2 amide bonds. The minimum Gasteiger partial charge on any atom is -0.447 e. The van der Waals surface area contributed by atoms with Crippen LogP contribution >= 0.6 is 0 Å². The van der Waals surface area contributed by atoms with E-state index < -0.39 is 0 Å². The van der Waals surface area contributed by atoms with Crippen LogP contribution in [0.15, 0.2) is 0 Å². The van der Waals surface area contributed by atoms with Crippen molar-refractivity contribution in [3.8, 4) is 0 Å². The Balaban J connectivity index is 1.45. The van der Waals surface area contributed by atoms with E-state index in [-0.39, 0.29) is 36.2 Å². The summed E-state index contributed by atoms with van der Waals surface area (Å²) < 4.78 is 5.60. The van der Waals surface area contributed by atoms with E-state index in [2.05, 4.69) is 17.4 Å². The van der Waals surface area contributed by atoms with Crippen LogP contribution in [0.2, 0.25) is 0 Å². The monoisotopic (exact) mass is 434 g/mol. The van der Waals surface area contributed by atoms with Crippen molar-refractivity contribution >= 4 is 12.0 Å². The number of fused-ring (bicyclic) bond motifs is 1. The molecule has 31 heavy (non-hydrogen) atoms. The first-order valence-corrected chi connectivity index (χ1v) is 12.6. The van der Waals surface area contributed by atoms with E-state index in [1.807, 2.05) is 23.6 Å². The molecule has 7 nitrogen and oxygen atoms in total. The van der Waals surface area contributed by atoms with Gasteiger partial charge in [0.05, 0.1) is 18.2 Å². The lowest BCUT2D eigenvalue weighted by atomic mass is 9.73. The molecule has 2 aliphatic heterocycles. The number of piperazine rings is 1. The van der Waals surface area contributed by atoms with Crippen LogP contribution in [-0.2, 0) is 9.53 Å². The van der Waals surface area contributed by atoms with Gasteiger partial charge in [-0.3, -0.25) is 10.2 Å². The van der Waals surface area contributed by atoms with Gasteiger partial charge in [-0.2, -0.15) is 0 Å². The summed E-state index contributed by atoms with van der Waals surface area (Å²) in [6.07, 6.45) is 9.46. The summed E-state index contributed by atoms with van der Waals surface area (Å²) in [4.78, 5) is 29.4. The number of nitrogens with one attached hydrogen (secondary N) is 1. The Morgan fingerprint density at radius 1 is 0.968 bits per heavy atom. The summed E-state index contributed by atoms with van der Waals surface area (Å²) in [5.74, 6) is 1.33. The molecule has 0 bridgehead atoms. The normalized spacial score (nSPS) is 35.3. The number of ether oxygens (including phenoxy) is 1. The molecule has 0 radical (unpaired) electrons. The molecule has 7 heteroatoms. The van der Waals surface area contributed by atoms with Gasteiger partial charge in [0.25, 0.3) is 0 Å². The summed E-state index contributed by atoms with van der Waals surface area (Å²) >= 11 is 0. The molecule has 2 saturated carbocycles. The Kier molecular flexibility index (Phi) is 7.11. The summed E-state index contributed by atoms with van der Waals surface area (Å²) in [5.41, 5.74) is 3.70. The molecular formula is C24H42N4O3. The molecule has 5 atom stereocenters. The van der Waals surface area contributed by atoms with Gasteiger partial charge >= 0.3 is 6.09 Å². The lowest BCUT2D eigenvalue weighted by Crippen LogP contribution is -2.67. The number of hydrazine groups is 1. The number of rotatable bonds is 3. The fraction of sp³-hybridized carbons (Fsp3) is 0.917. The lowest BCUT2D eigenvalue weighted by Gasteiger charge is -2.54. The fourth-order valence-corrected chi connectivity index (χ4v) is 6.71. The highest BCUT2D eigenvalue weighted by Crippen LogP contribution is 2.40. The average molecular weight is 435 g/mol. The standard InChI is InChI=1S/C24H42N4O3/c1-16(2)31-24(30)26-14-17(3)28(18(4)29)22-11-10-19(12-23(22)26)20-13-25-27(15-20)21-8-6-5-7-9-21/h16-17,19-23,25H,5-15H2,1-4H3/t17-,19?,20?,22?,23?/m0/s1. The molecule has 4 unspecified atom stereocenters. The van der Waals surface area contributed by atoms with Gasteiger partial charge < -0.3 is 14.5 Å². The van der Waals surface area contributed by atoms with Crippen LogP contribution in [-0.4, -0.2) is 76.7 Å². The molecule has 0 aromatic carbocycles. The van der Waals surface area contributed by atoms with E-state index in [0.717, 1.165) is 32.4 Å². The first-order valence-electron chi connectivity index (χ1n) is 12.6. The zero-order valence-electron chi connectivity index (χ0n) is 19.9. The molecule has 2 heterocycles. The predicted octanol–water partition coefficient (Wildman–Crippen LogP) is 3.39. The van der Waals surface area contributed by atoms with Gasteiger partial charge in [0, 0.05) is 38.6 Å². The average Bonchev–Trinajstić information content (AvgIpc) is 3.23. The lowest BCUT2D eigenvalue weighted by molar-refractivity contribution is -0.142. The van der Waals surface area contributed by atoms with Crippen molar-refractivity contribution in [3.63, 3.8) is 0 Å². The largest absolute Gasteiger partial charge is 0.447 e. The number of hydrogen-bond acceptors (Lipinski definition) is 5. The van der Waals surface area contributed by atoms with Gasteiger partial charge in [-0.1, -0.05) is 19.3 Å². The molecule has 2 aliphatic carbocycles.